The van der Waals surface area contributed by atoms with Crippen molar-refractivity contribution in [3.63, 3.8) is 0 Å². The number of unbranched alkanes of at least 4 members (excludes halogenated alkanes) is 2. The van der Waals surface area contributed by atoms with E-state index in [0.717, 1.165) is 48.8 Å². The summed E-state index contributed by atoms with van der Waals surface area (Å²) in [5, 5.41) is 9.55. The Morgan fingerprint density at radius 1 is 1.04 bits per heavy atom. The molecule has 23 heavy (non-hydrogen) atoms. The van der Waals surface area contributed by atoms with E-state index in [2.05, 4.69) is 52.1 Å². The maximum Gasteiger partial charge on any atom is 0.106 e. The fourth-order valence-electron chi connectivity index (χ4n) is 2.82. The Kier molecular flexibility index (Phi) is 6.80. The highest BCUT2D eigenvalue weighted by Gasteiger charge is 2.23. The van der Waals surface area contributed by atoms with E-state index in [1.807, 2.05) is 30.3 Å². The van der Waals surface area contributed by atoms with Gasteiger partial charge in [0, 0.05) is 5.69 Å². The van der Waals surface area contributed by atoms with Gasteiger partial charge in [-0.3, -0.25) is 0 Å². The van der Waals surface area contributed by atoms with Gasteiger partial charge in [-0.2, -0.15) is 5.26 Å². The van der Waals surface area contributed by atoms with Gasteiger partial charge in [0.2, 0.25) is 0 Å². The lowest BCUT2D eigenvalue weighted by Crippen LogP contribution is -2.17. The number of benzene rings is 1. The predicted molar refractivity (Wildman–Crippen MR) is 98.0 cm³/mol. The van der Waals surface area contributed by atoms with Crippen LogP contribution in [-0.4, -0.2) is 4.98 Å². The van der Waals surface area contributed by atoms with Gasteiger partial charge in [-0.05, 0) is 66.2 Å². The number of halogens is 1. The molecule has 0 fully saturated rings. The molecule has 3 heteroatoms. The number of hydrogen-bond donors (Lipinski definition) is 0. The average Bonchev–Trinajstić information content (AvgIpc) is 2.55. The molecule has 1 aromatic heterocycles. The Labute approximate surface area is 147 Å². The first-order valence-corrected chi connectivity index (χ1v) is 8.97. The van der Waals surface area contributed by atoms with E-state index < -0.39 is 0 Å². The first kappa shape index (κ1) is 17.7. The first-order chi connectivity index (χ1) is 11.1. The van der Waals surface area contributed by atoms with Crippen molar-refractivity contribution in [3.05, 3.63) is 64.4 Å². The molecular formula is C20H23BrN2. The van der Waals surface area contributed by atoms with Crippen molar-refractivity contribution in [1.29, 1.82) is 5.26 Å². The molecule has 1 aromatic carbocycles. The minimum Gasteiger partial charge on any atom is -0.246 e. The quantitative estimate of drug-likeness (QED) is 0.440. The van der Waals surface area contributed by atoms with Crippen molar-refractivity contribution in [2.45, 2.75) is 45.4 Å². The maximum atomic E-state index is 9.55. The minimum absolute atomic E-state index is 0.268. The fraction of sp³-hybridized carbons (Fsp3) is 0.400. The number of aryl methyl sites for hydroxylation is 1. The molecule has 0 aliphatic rings. The Morgan fingerprint density at radius 2 is 1.83 bits per heavy atom. The van der Waals surface area contributed by atoms with Gasteiger partial charge in [-0.15, -0.1) is 0 Å². The zero-order valence-corrected chi connectivity index (χ0v) is 15.2. The third-order valence-corrected chi connectivity index (χ3v) is 4.58. The number of nitrogens with zero attached hydrogens (tertiary/aromatic N) is 2. The van der Waals surface area contributed by atoms with Crippen LogP contribution in [0, 0.1) is 16.7 Å². The van der Waals surface area contributed by atoms with Crippen LogP contribution < -0.4 is 0 Å². The molecule has 1 heterocycles. The first-order valence-electron chi connectivity index (χ1n) is 8.18. The predicted octanol–water partition coefficient (Wildman–Crippen LogP) is 5.72. The van der Waals surface area contributed by atoms with Gasteiger partial charge in [0.25, 0.3) is 0 Å². The minimum atomic E-state index is -0.268. The van der Waals surface area contributed by atoms with Crippen LogP contribution in [0.2, 0.25) is 0 Å². The topological polar surface area (TPSA) is 36.7 Å². The lowest BCUT2D eigenvalue weighted by atomic mass is 9.80. The van der Waals surface area contributed by atoms with Gasteiger partial charge >= 0.3 is 0 Å². The van der Waals surface area contributed by atoms with E-state index in [0.29, 0.717) is 0 Å². The van der Waals surface area contributed by atoms with E-state index in [-0.39, 0.29) is 5.41 Å². The molecule has 1 unspecified atom stereocenters. The highest BCUT2D eigenvalue weighted by atomic mass is 79.9. The van der Waals surface area contributed by atoms with E-state index in [9.17, 15) is 5.26 Å². The molecule has 2 rings (SSSR count). The van der Waals surface area contributed by atoms with Gasteiger partial charge in [0.15, 0.2) is 0 Å². The van der Waals surface area contributed by atoms with Crippen LogP contribution in [0.3, 0.4) is 0 Å². The summed E-state index contributed by atoms with van der Waals surface area (Å²) >= 11 is 3.40. The van der Waals surface area contributed by atoms with Crippen molar-refractivity contribution in [1.82, 2.24) is 4.98 Å². The smallest absolute Gasteiger partial charge is 0.106 e. The average molecular weight is 371 g/mol. The summed E-state index contributed by atoms with van der Waals surface area (Å²) in [6.45, 7) is 2.08. The molecule has 0 bridgehead atoms. The Balaban J connectivity index is 1.74. The van der Waals surface area contributed by atoms with Crippen LogP contribution in [0.1, 0.15) is 43.9 Å². The third kappa shape index (κ3) is 6.15. The van der Waals surface area contributed by atoms with Crippen molar-refractivity contribution >= 4 is 15.9 Å². The third-order valence-electron chi connectivity index (χ3n) is 4.14. The molecule has 2 aromatic rings. The fourth-order valence-corrected chi connectivity index (χ4v) is 3.20. The molecule has 0 N–H and O–H groups in total. The number of rotatable bonds is 8. The number of hydrogen-bond acceptors (Lipinski definition) is 2. The second kappa shape index (κ2) is 8.84. The molecule has 0 radical (unpaired) electrons. The standard InChI is InChI=1S/C20H23BrN2/c1-20(16-22,15-17-9-4-2-5-10-17)14-7-3-6-11-18-12-8-13-19(21)23-18/h2,4-5,8-10,12-13H,3,6-7,11,14-15H2,1H3. The van der Waals surface area contributed by atoms with Crippen LogP contribution in [0.4, 0.5) is 0 Å². The molecule has 1 atom stereocenters. The normalized spacial score (nSPS) is 13.3. The van der Waals surface area contributed by atoms with Crippen molar-refractivity contribution < 1.29 is 0 Å². The van der Waals surface area contributed by atoms with Gasteiger partial charge in [-0.25, -0.2) is 4.98 Å². The maximum absolute atomic E-state index is 9.55. The van der Waals surface area contributed by atoms with Gasteiger partial charge in [0.1, 0.15) is 4.60 Å². The molecule has 0 aliphatic carbocycles. The second-order valence-electron chi connectivity index (χ2n) is 6.35. The van der Waals surface area contributed by atoms with Gasteiger partial charge in [-0.1, -0.05) is 49.2 Å². The largest absolute Gasteiger partial charge is 0.246 e. The summed E-state index contributed by atoms with van der Waals surface area (Å²) in [7, 11) is 0. The Hall–Kier alpha value is -1.66. The van der Waals surface area contributed by atoms with Crippen LogP contribution >= 0.6 is 15.9 Å². The summed E-state index contributed by atoms with van der Waals surface area (Å²) in [6, 6.07) is 18.9. The summed E-state index contributed by atoms with van der Waals surface area (Å²) < 4.78 is 0.898. The molecule has 2 nitrogen and oxygen atoms in total. The highest BCUT2D eigenvalue weighted by molar-refractivity contribution is 9.10. The zero-order chi connectivity index (χ0) is 16.5. The van der Waals surface area contributed by atoms with Crippen LogP contribution in [0.15, 0.2) is 53.1 Å². The van der Waals surface area contributed by atoms with E-state index >= 15 is 0 Å². The monoisotopic (exact) mass is 370 g/mol. The van der Waals surface area contributed by atoms with E-state index in [1.165, 1.54) is 5.56 Å². The van der Waals surface area contributed by atoms with E-state index in [4.69, 9.17) is 0 Å². The molecule has 0 saturated carbocycles. The zero-order valence-electron chi connectivity index (χ0n) is 13.6. The molecular weight excluding hydrogens is 348 g/mol. The molecule has 0 aliphatic heterocycles. The lowest BCUT2D eigenvalue weighted by Gasteiger charge is -2.21. The Morgan fingerprint density at radius 3 is 2.52 bits per heavy atom. The number of aromatic nitrogens is 1. The van der Waals surface area contributed by atoms with Crippen LogP contribution in [0.25, 0.3) is 0 Å². The van der Waals surface area contributed by atoms with Crippen molar-refractivity contribution in [2.75, 3.05) is 0 Å². The molecule has 0 amide bonds. The molecule has 0 spiro atoms. The summed E-state index contributed by atoms with van der Waals surface area (Å²) in [4.78, 5) is 4.46. The highest BCUT2D eigenvalue weighted by Crippen LogP contribution is 2.28. The van der Waals surface area contributed by atoms with Gasteiger partial charge in [0.05, 0.1) is 11.5 Å². The number of nitriles is 1. The number of pyridine rings is 1. The summed E-state index contributed by atoms with van der Waals surface area (Å²) in [5.41, 5.74) is 2.11. The van der Waals surface area contributed by atoms with Crippen molar-refractivity contribution in [3.8, 4) is 6.07 Å². The SMILES string of the molecule is CC(C#N)(CCCCCc1cccc(Br)n1)Cc1ccccc1. The Bertz CT molecular complexity index is 648. The van der Waals surface area contributed by atoms with Crippen LogP contribution in [-0.2, 0) is 12.8 Å². The van der Waals surface area contributed by atoms with Crippen molar-refractivity contribution in [2.24, 2.45) is 5.41 Å². The molecule has 0 saturated heterocycles. The second-order valence-corrected chi connectivity index (χ2v) is 7.16. The van der Waals surface area contributed by atoms with Gasteiger partial charge < -0.3 is 0 Å². The summed E-state index contributed by atoms with van der Waals surface area (Å²) in [6.07, 6.45) is 6.13. The van der Waals surface area contributed by atoms with E-state index in [1.54, 1.807) is 0 Å². The lowest BCUT2D eigenvalue weighted by molar-refractivity contribution is 0.380. The summed E-state index contributed by atoms with van der Waals surface area (Å²) in [5.74, 6) is 0. The van der Waals surface area contributed by atoms with Crippen LogP contribution in [0.5, 0.6) is 0 Å². The molecule has 120 valence electrons.